The Bertz CT molecular complexity index is 881. The van der Waals surface area contributed by atoms with Gasteiger partial charge in [0.15, 0.2) is 0 Å². The molecule has 3 rings (SSSR count). The molecule has 0 atom stereocenters. The molecule has 0 aromatic heterocycles. The molecule has 0 aliphatic carbocycles. The minimum atomic E-state index is -0.177. The average molecular weight is 386 g/mol. The van der Waals surface area contributed by atoms with Crippen molar-refractivity contribution in [2.75, 3.05) is 22.1 Å². The van der Waals surface area contributed by atoms with Crippen LogP contribution >= 0.6 is 11.6 Å². The standard InChI is InChI=1S/C20H20ClN3O3/c1-13(25)22-15-6-4-14(5-7-15)11-19(26)23-16-8-9-18(17(21)12-16)24-10-2-3-20(24)27/h4-9,12H,2-3,10-11H2,1H3,(H,22,25)(H,23,26). The molecular formula is C20H20ClN3O3. The number of anilines is 3. The van der Waals surface area contributed by atoms with Crippen molar-refractivity contribution >= 4 is 46.4 Å². The first kappa shape index (κ1) is 18.9. The first-order chi connectivity index (χ1) is 12.9. The zero-order valence-corrected chi connectivity index (χ0v) is 15.7. The lowest BCUT2D eigenvalue weighted by Crippen LogP contribution is -2.24. The predicted molar refractivity (Wildman–Crippen MR) is 106 cm³/mol. The molecule has 1 saturated heterocycles. The number of carbonyl (C=O) groups excluding carboxylic acids is 3. The van der Waals surface area contributed by atoms with E-state index in [9.17, 15) is 14.4 Å². The summed E-state index contributed by atoms with van der Waals surface area (Å²) in [5.74, 6) is -0.254. The highest BCUT2D eigenvalue weighted by atomic mass is 35.5. The zero-order valence-electron chi connectivity index (χ0n) is 14.9. The van der Waals surface area contributed by atoms with Crippen molar-refractivity contribution in [1.82, 2.24) is 0 Å². The third kappa shape index (κ3) is 4.86. The van der Waals surface area contributed by atoms with Gasteiger partial charge in [-0.3, -0.25) is 14.4 Å². The molecule has 0 bridgehead atoms. The highest BCUT2D eigenvalue weighted by molar-refractivity contribution is 6.34. The number of benzene rings is 2. The third-order valence-electron chi connectivity index (χ3n) is 4.23. The van der Waals surface area contributed by atoms with E-state index in [1.807, 2.05) is 0 Å². The highest BCUT2D eigenvalue weighted by Crippen LogP contribution is 2.31. The van der Waals surface area contributed by atoms with E-state index in [4.69, 9.17) is 11.6 Å². The average Bonchev–Trinajstić information content (AvgIpc) is 3.02. The van der Waals surface area contributed by atoms with Gasteiger partial charge < -0.3 is 15.5 Å². The van der Waals surface area contributed by atoms with Gasteiger partial charge in [0.2, 0.25) is 17.7 Å². The van der Waals surface area contributed by atoms with E-state index >= 15 is 0 Å². The Kier molecular flexibility index (Phi) is 5.76. The van der Waals surface area contributed by atoms with E-state index in [-0.39, 0.29) is 24.1 Å². The Morgan fingerprint density at radius 1 is 1.07 bits per heavy atom. The molecule has 0 spiro atoms. The van der Waals surface area contributed by atoms with Gasteiger partial charge >= 0.3 is 0 Å². The Balaban J connectivity index is 1.61. The Hall–Kier alpha value is -2.86. The van der Waals surface area contributed by atoms with E-state index < -0.39 is 0 Å². The molecule has 2 aromatic carbocycles. The number of rotatable bonds is 5. The summed E-state index contributed by atoms with van der Waals surface area (Å²) in [5.41, 5.74) is 2.76. The number of nitrogens with one attached hydrogen (secondary N) is 2. The van der Waals surface area contributed by atoms with Crippen LogP contribution in [-0.2, 0) is 20.8 Å². The van der Waals surface area contributed by atoms with Gasteiger partial charge in [0, 0.05) is 31.3 Å². The van der Waals surface area contributed by atoms with Gasteiger partial charge in [-0.2, -0.15) is 0 Å². The van der Waals surface area contributed by atoms with Crippen LogP contribution in [0.15, 0.2) is 42.5 Å². The number of amides is 3. The summed E-state index contributed by atoms with van der Waals surface area (Å²) in [6, 6.07) is 12.2. The van der Waals surface area contributed by atoms with E-state index in [0.717, 1.165) is 12.0 Å². The largest absolute Gasteiger partial charge is 0.326 e. The van der Waals surface area contributed by atoms with Crippen LogP contribution in [0.2, 0.25) is 5.02 Å². The fourth-order valence-corrected chi connectivity index (χ4v) is 3.29. The van der Waals surface area contributed by atoms with Gasteiger partial charge in [-0.25, -0.2) is 0 Å². The fourth-order valence-electron chi connectivity index (χ4n) is 3.01. The highest BCUT2D eigenvalue weighted by Gasteiger charge is 2.23. The molecular weight excluding hydrogens is 366 g/mol. The third-order valence-corrected chi connectivity index (χ3v) is 4.54. The molecule has 1 fully saturated rings. The first-order valence-electron chi connectivity index (χ1n) is 8.68. The van der Waals surface area contributed by atoms with Gasteiger partial charge in [-0.05, 0) is 42.3 Å². The Labute approximate surface area is 162 Å². The molecule has 6 nitrogen and oxygen atoms in total. The van der Waals surface area contributed by atoms with Crippen LogP contribution in [0, 0.1) is 0 Å². The van der Waals surface area contributed by atoms with Crippen LogP contribution in [0.1, 0.15) is 25.3 Å². The zero-order chi connectivity index (χ0) is 19.4. The number of nitrogens with zero attached hydrogens (tertiary/aromatic N) is 1. The van der Waals surface area contributed by atoms with Crippen LogP contribution < -0.4 is 15.5 Å². The van der Waals surface area contributed by atoms with Crippen LogP contribution in [0.4, 0.5) is 17.1 Å². The van der Waals surface area contributed by atoms with Crippen molar-refractivity contribution in [3.05, 3.63) is 53.1 Å². The number of hydrogen-bond donors (Lipinski definition) is 2. The summed E-state index contributed by atoms with van der Waals surface area (Å²) in [4.78, 5) is 36.8. The predicted octanol–water partition coefficient (Wildman–Crippen LogP) is 3.61. The fraction of sp³-hybridized carbons (Fsp3) is 0.250. The number of halogens is 1. The maximum Gasteiger partial charge on any atom is 0.228 e. The van der Waals surface area contributed by atoms with Gasteiger partial charge in [-0.1, -0.05) is 23.7 Å². The lowest BCUT2D eigenvalue weighted by molar-refractivity contribution is -0.117. The SMILES string of the molecule is CC(=O)Nc1ccc(CC(=O)Nc2ccc(N3CCCC3=O)c(Cl)c2)cc1. The van der Waals surface area contributed by atoms with Crippen LogP contribution in [0.25, 0.3) is 0 Å². The van der Waals surface area contributed by atoms with Gasteiger partial charge in [0.05, 0.1) is 17.1 Å². The van der Waals surface area contributed by atoms with Crippen LogP contribution in [0.3, 0.4) is 0 Å². The van der Waals surface area contributed by atoms with Crippen molar-refractivity contribution < 1.29 is 14.4 Å². The van der Waals surface area contributed by atoms with Gasteiger partial charge in [0.1, 0.15) is 0 Å². The molecule has 2 aromatic rings. The van der Waals surface area contributed by atoms with E-state index in [2.05, 4.69) is 10.6 Å². The molecule has 0 saturated carbocycles. The molecule has 3 amide bonds. The number of hydrogen-bond acceptors (Lipinski definition) is 3. The summed E-state index contributed by atoms with van der Waals surface area (Å²) < 4.78 is 0. The first-order valence-corrected chi connectivity index (χ1v) is 9.06. The van der Waals surface area contributed by atoms with Crippen molar-refractivity contribution in [3.63, 3.8) is 0 Å². The Morgan fingerprint density at radius 2 is 1.78 bits per heavy atom. The maximum absolute atomic E-state index is 12.3. The smallest absolute Gasteiger partial charge is 0.228 e. The summed E-state index contributed by atoms with van der Waals surface area (Å²) in [5, 5.41) is 5.92. The minimum absolute atomic E-state index is 0.0661. The van der Waals surface area contributed by atoms with Crippen LogP contribution in [-0.4, -0.2) is 24.3 Å². The second kappa shape index (κ2) is 8.22. The summed E-state index contributed by atoms with van der Waals surface area (Å²) in [6.07, 6.45) is 1.56. The van der Waals surface area contributed by atoms with Crippen molar-refractivity contribution in [2.45, 2.75) is 26.2 Å². The summed E-state index contributed by atoms with van der Waals surface area (Å²) >= 11 is 6.30. The van der Waals surface area contributed by atoms with E-state index in [1.165, 1.54) is 6.92 Å². The topological polar surface area (TPSA) is 78.5 Å². The number of carbonyl (C=O) groups is 3. The molecule has 2 N–H and O–H groups in total. The molecule has 27 heavy (non-hydrogen) atoms. The summed E-state index contributed by atoms with van der Waals surface area (Å²) in [6.45, 7) is 2.11. The minimum Gasteiger partial charge on any atom is -0.326 e. The second-order valence-electron chi connectivity index (χ2n) is 6.42. The molecule has 0 radical (unpaired) electrons. The maximum atomic E-state index is 12.3. The molecule has 7 heteroatoms. The van der Waals surface area contributed by atoms with Crippen molar-refractivity contribution in [3.8, 4) is 0 Å². The normalized spacial score (nSPS) is 13.6. The molecule has 1 aliphatic rings. The second-order valence-corrected chi connectivity index (χ2v) is 6.83. The van der Waals surface area contributed by atoms with E-state index in [1.54, 1.807) is 47.4 Å². The monoisotopic (exact) mass is 385 g/mol. The lowest BCUT2D eigenvalue weighted by atomic mass is 10.1. The van der Waals surface area contributed by atoms with Gasteiger partial charge in [0.25, 0.3) is 0 Å². The summed E-state index contributed by atoms with van der Waals surface area (Å²) in [7, 11) is 0. The van der Waals surface area contributed by atoms with Crippen LogP contribution in [0.5, 0.6) is 0 Å². The molecule has 1 aliphatic heterocycles. The molecule has 140 valence electrons. The van der Waals surface area contributed by atoms with Gasteiger partial charge in [-0.15, -0.1) is 0 Å². The molecule has 0 unspecified atom stereocenters. The Morgan fingerprint density at radius 3 is 2.37 bits per heavy atom. The quantitative estimate of drug-likeness (QED) is 0.825. The van der Waals surface area contributed by atoms with Crippen molar-refractivity contribution in [1.29, 1.82) is 0 Å². The lowest BCUT2D eigenvalue weighted by Gasteiger charge is -2.18. The molecule has 1 heterocycles. The van der Waals surface area contributed by atoms with Crippen molar-refractivity contribution in [2.24, 2.45) is 0 Å². The van der Waals surface area contributed by atoms with E-state index in [0.29, 0.717) is 35.1 Å².